The summed E-state index contributed by atoms with van der Waals surface area (Å²) in [6.45, 7) is 2.63. The van der Waals surface area contributed by atoms with Gasteiger partial charge in [0.1, 0.15) is 0 Å². The van der Waals surface area contributed by atoms with Gasteiger partial charge in [0.15, 0.2) is 0 Å². The van der Waals surface area contributed by atoms with E-state index in [4.69, 9.17) is 0 Å². The van der Waals surface area contributed by atoms with Crippen LogP contribution in [0.4, 0.5) is 0 Å². The maximum absolute atomic E-state index is 13.8. The average Bonchev–Trinajstić information content (AvgIpc) is 3.39. The van der Waals surface area contributed by atoms with E-state index in [9.17, 15) is 9.59 Å². The number of benzene rings is 3. The van der Waals surface area contributed by atoms with Crippen molar-refractivity contribution in [2.45, 2.75) is 57.0 Å². The van der Waals surface area contributed by atoms with Crippen molar-refractivity contribution in [2.24, 2.45) is 0 Å². The van der Waals surface area contributed by atoms with Crippen LogP contribution in [-0.2, 0) is 11.2 Å². The molecule has 1 fully saturated rings. The molecule has 1 saturated carbocycles. The molecule has 2 amide bonds. The van der Waals surface area contributed by atoms with Crippen LogP contribution in [0.2, 0.25) is 0 Å². The van der Waals surface area contributed by atoms with Crippen LogP contribution in [0.3, 0.4) is 0 Å². The number of nitrogens with zero attached hydrogens (tertiary/aromatic N) is 1. The summed E-state index contributed by atoms with van der Waals surface area (Å²) in [5, 5.41) is 3.20. The van der Waals surface area contributed by atoms with E-state index >= 15 is 0 Å². The number of nitrogens with one attached hydrogen (secondary N) is 1. The molecule has 0 spiro atoms. The summed E-state index contributed by atoms with van der Waals surface area (Å²) in [6.07, 6.45) is 5.04. The van der Waals surface area contributed by atoms with Crippen molar-refractivity contribution < 1.29 is 9.59 Å². The summed E-state index contributed by atoms with van der Waals surface area (Å²) >= 11 is 0. The summed E-state index contributed by atoms with van der Waals surface area (Å²) in [4.78, 5) is 29.7. The van der Waals surface area contributed by atoms with Gasteiger partial charge < -0.3 is 10.2 Å². The molecule has 2 aliphatic rings. The number of fused-ring (bicyclic) bond motifs is 1. The smallest absolute Gasteiger partial charge is 0.254 e. The molecule has 4 nitrogen and oxygen atoms in total. The van der Waals surface area contributed by atoms with Crippen molar-refractivity contribution in [3.05, 3.63) is 107 Å². The van der Waals surface area contributed by atoms with Gasteiger partial charge in [-0.3, -0.25) is 9.59 Å². The van der Waals surface area contributed by atoms with Crippen LogP contribution in [0.1, 0.15) is 70.3 Å². The van der Waals surface area contributed by atoms with Gasteiger partial charge in [-0.25, -0.2) is 0 Å². The van der Waals surface area contributed by atoms with E-state index in [1.54, 1.807) is 0 Å². The highest BCUT2D eigenvalue weighted by Gasteiger charge is 2.46. The fraction of sp³-hybridized carbons (Fsp3) is 0.333. The molecule has 0 radical (unpaired) electrons. The maximum Gasteiger partial charge on any atom is 0.254 e. The lowest BCUT2D eigenvalue weighted by molar-refractivity contribution is -0.124. The monoisotopic (exact) mass is 452 g/mol. The van der Waals surface area contributed by atoms with Gasteiger partial charge in [0.25, 0.3) is 5.91 Å². The lowest BCUT2D eigenvalue weighted by Gasteiger charge is -2.45. The van der Waals surface area contributed by atoms with Gasteiger partial charge in [0.2, 0.25) is 5.91 Å². The molecule has 1 aliphatic carbocycles. The predicted octanol–water partition coefficient (Wildman–Crippen LogP) is 5.58. The number of amides is 2. The van der Waals surface area contributed by atoms with Crippen LogP contribution in [-0.4, -0.2) is 29.3 Å². The fourth-order valence-electron chi connectivity index (χ4n) is 5.62. The van der Waals surface area contributed by atoms with Crippen LogP contribution in [0.15, 0.2) is 78.9 Å². The molecule has 4 heteroatoms. The lowest BCUT2D eigenvalue weighted by Crippen LogP contribution is -2.51. The van der Waals surface area contributed by atoms with Gasteiger partial charge in [0, 0.05) is 18.2 Å². The first-order chi connectivity index (χ1) is 16.6. The molecular weight excluding hydrogens is 420 g/mol. The summed E-state index contributed by atoms with van der Waals surface area (Å²) in [6, 6.07) is 26.1. The highest BCUT2D eigenvalue weighted by Crippen LogP contribution is 2.46. The Morgan fingerprint density at radius 2 is 1.59 bits per heavy atom. The van der Waals surface area contributed by atoms with Crippen LogP contribution in [0, 0.1) is 6.92 Å². The molecule has 1 aliphatic heterocycles. The third-order valence-corrected chi connectivity index (χ3v) is 7.35. The van der Waals surface area contributed by atoms with Gasteiger partial charge in [-0.15, -0.1) is 0 Å². The zero-order valence-electron chi connectivity index (χ0n) is 19.7. The Bertz CT molecular complexity index is 1150. The Kier molecular flexibility index (Phi) is 6.48. The molecule has 5 rings (SSSR count). The molecule has 174 valence electrons. The second-order valence-corrected chi connectivity index (χ2v) is 9.60. The zero-order chi connectivity index (χ0) is 23.5. The van der Waals surface area contributed by atoms with E-state index in [-0.39, 0.29) is 23.9 Å². The van der Waals surface area contributed by atoms with Gasteiger partial charge >= 0.3 is 0 Å². The molecule has 2 atom stereocenters. The van der Waals surface area contributed by atoms with Crippen molar-refractivity contribution in [1.29, 1.82) is 0 Å². The van der Waals surface area contributed by atoms with Gasteiger partial charge in [-0.2, -0.15) is 0 Å². The van der Waals surface area contributed by atoms with Crippen LogP contribution >= 0.6 is 0 Å². The van der Waals surface area contributed by atoms with Gasteiger partial charge in [-0.1, -0.05) is 91.2 Å². The quantitative estimate of drug-likeness (QED) is 0.531. The molecule has 3 aromatic rings. The molecule has 0 aromatic heterocycles. The molecule has 1 heterocycles. The first-order valence-electron chi connectivity index (χ1n) is 12.4. The van der Waals surface area contributed by atoms with Crippen molar-refractivity contribution in [2.75, 3.05) is 6.54 Å². The summed E-state index contributed by atoms with van der Waals surface area (Å²) in [5.74, 6) is -0.390. The molecule has 0 bridgehead atoms. The van der Waals surface area contributed by atoms with E-state index < -0.39 is 5.92 Å². The normalized spacial score (nSPS) is 20.3. The van der Waals surface area contributed by atoms with E-state index in [1.165, 1.54) is 11.1 Å². The first-order valence-corrected chi connectivity index (χ1v) is 12.4. The van der Waals surface area contributed by atoms with Crippen molar-refractivity contribution >= 4 is 11.8 Å². The molecule has 1 N–H and O–H groups in total. The Morgan fingerprint density at radius 3 is 2.32 bits per heavy atom. The predicted molar refractivity (Wildman–Crippen MR) is 135 cm³/mol. The minimum absolute atomic E-state index is 0.00977. The number of aryl methyl sites for hydroxylation is 1. The highest BCUT2D eigenvalue weighted by molar-refractivity contribution is 6.01. The Labute approximate surface area is 202 Å². The summed E-state index contributed by atoms with van der Waals surface area (Å²) < 4.78 is 0. The van der Waals surface area contributed by atoms with Crippen molar-refractivity contribution in [3.63, 3.8) is 0 Å². The minimum atomic E-state index is -0.437. The van der Waals surface area contributed by atoms with E-state index in [0.29, 0.717) is 12.1 Å². The Hall–Kier alpha value is -3.40. The third-order valence-electron chi connectivity index (χ3n) is 7.35. The SMILES string of the molecule is Cc1ccc([C@H]2[C@H](C(=O)NCCc3ccccc3)c3ccccc3C(=O)N2C2CCCC2)cc1. The largest absolute Gasteiger partial charge is 0.355 e. The van der Waals surface area contributed by atoms with Gasteiger partial charge in [-0.05, 0) is 48.9 Å². The van der Waals surface area contributed by atoms with Crippen LogP contribution in [0.25, 0.3) is 0 Å². The summed E-state index contributed by atoms with van der Waals surface area (Å²) in [5.41, 5.74) is 4.90. The van der Waals surface area contributed by atoms with E-state index in [0.717, 1.165) is 43.2 Å². The second kappa shape index (κ2) is 9.84. The summed E-state index contributed by atoms with van der Waals surface area (Å²) in [7, 11) is 0. The molecule has 34 heavy (non-hydrogen) atoms. The first kappa shape index (κ1) is 22.4. The minimum Gasteiger partial charge on any atom is -0.355 e. The number of carbonyl (C=O) groups excluding carboxylic acids is 2. The maximum atomic E-state index is 13.8. The van der Waals surface area contributed by atoms with E-state index in [1.807, 2.05) is 47.4 Å². The topological polar surface area (TPSA) is 49.4 Å². The second-order valence-electron chi connectivity index (χ2n) is 9.60. The average molecular weight is 453 g/mol. The molecule has 3 aromatic carbocycles. The number of rotatable bonds is 6. The number of carbonyl (C=O) groups is 2. The highest BCUT2D eigenvalue weighted by atomic mass is 16.2. The Balaban J connectivity index is 1.52. The number of hydrogen-bond donors (Lipinski definition) is 1. The van der Waals surface area contributed by atoms with E-state index in [2.05, 4.69) is 48.6 Å². The molecule has 0 unspecified atom stereocenters. The Morgan fingerprint density at radius 1 is 0.912 bits per heavy atom. The zero-order valence-corrected chi connectivity index (χ0v) is 19.7. The number of hydrogen-bond acceptors (Lipinski definition) is 2. The van der Waals surface area contributed by atoms with Crippen molar-refractivity contribution in [1.82, 2.24) is 10.2 Å². The standard InChI is InChI=1S/C30H32N2O2/c1-21-15-17-23(18-16-21)28-27(29(33)31-20-19-22-9-3-2-4-10-22)25-13-7-8-14-26(25)30(34)32(28)24-11-5-6-12-24/h2-4,7-10,13-18,24,27-28H,5-6,11-12,19-20H2,1H3,(H,31,33)/t27-,28+/m1/s1. The fourth-order valence-corrected chi connectivity index (χ4v) is 5.62. The van der Waals surface area contributed by atoms with Crippen molar-refractivity contribution in [3.8, 4) is 0 Å². The third kappa shape index (κ3) is 4.37. The molecule has 0 saturated heterocycles. The van der Waals surface area contributed by atoms with Crippen LogP contribution < -0.4 is 5.32 Å². The molecular formula is C30H32N2O2. The van der Waals surface area contributed by atoms with Gasteiger partial charge in [0.05, 0.1) is 12.0 Å². The van der Waals surface area contributed by atoms with Crippen LogP contribution in [0.5, 0.6) is 0 Å². The lowest BCUT2D eigenvalue weighted by atomic mass is 9.78.